The maximum Gasteiger partial charge on any atom is 0.253 e. The molecule has 4 N–H and O–H groups in total. The molecule has 3 atom stereocenters. The first kappa shape index (κ1) is 22.1. The highest BCUT2D eigenvalue weighted by molar-refractivity contribution is 7.90. The fourth-order valence-corrected chi connectivity index (χ4v) is 5.82. The van der Waals surface area contributed by atoms with Crippen molar-refractivity contribution in [3.63, 3.8) is 0 Å². The number of amides is 1. The molecule has 4 rings (SSSR count). The molecule has 0 aromatic heterocycles. The van der Waals surface area contributed by atoms with Crippen LogP contribution in [0.1, 0.15) is 12.0 Å². The Hall–Kier alpha value is -3.06. The molecule has 2 unspecified atom stereocenters. The number of guanidine groups is 1. The second kappa shape index (κ2) is 7.81. The number of carbonyl (C=O) groups is 1. The van der Waals surface area contributed by atoms with Gasteiger partial charge in [0.1, 0.15) is 28.3 Å². The summed E-state index contributed by atoms with van der Waals surface area (Å²) in [6, 6.07) is 1.99. The van der Waals surface area contributed by atoms with Crippen LogP contribution in [0, 0.1) is 5.82 Å². The number of nitrogens with two attached hydrogens (primary N) is 1. The van der Waals surface area contributed by atoms with Crippen LogP contribution in [0.15, 0.2) is 47.1 Å². The van der Waals surface area contributed by atoms with Crippen molar-refractivity contribution in [3.8, 4) is 0 Å². The van der Waals surface area contributed by atoms with Gasteiger partial charge in [0.2, 0.25) is 16.0 Å². The van der Waals surface area contributed by atoms with Crippen LogP contribution < -0.4 is 16.4 Å². The molecule has 1 aromatic carbocycles. The molecule has 9 nitrogen and oxygen atoms in total. The number of halogens is 3. The molecule has 0 radical (unpaired) electrons. The number of benzene rings is 1. The Kier molecular flexibility index (Phi) is 5.41. The van der Waals surface area contributed by atoms with Gasteiger partial charge in [-0.1, -0.05) is 0 Å². The van der Waals surface area contributed by atoms with E-state index in [9.17, 15) is 26.4 Å². The van der Waals surface area contributed by atoms with Crippen LogP contribution in [0.3, 0.4) is 0 Å². The largest absolute Gasteiger partial charge is 0.378 e. The summed E-state index contributed by atoms with van der Waals surface area (Å²) in [6.45, 7) is -0.110. The number of carbonyl (C=O) groups excluding carboxylic acids is 1. The van der Waals surface area contributed by atoms with E-state index >= 15 is 0 Å². The molecule has 3 aliphatic heterocycles. The molecule has 32 heavy (non-hydrogen) atoms. The summed E-state index contributed by atoms with van der Waals surface area (Å²) in [5.41, 5.74) is 4.08. The number of hydrogen-bond acceptors (Lipinski definition) is 7. The third kappa shape index (κ3) is 3.50. The van der Waals surface area contributed by atoms with Crippen molar-refractivity contribution in [3.05, 3.63) is 53.5 Å². The summed E-state index contributed by atoms with van der Waals surface area (Å²) in [5, 5.41) is 3.56. The normalized spacial score (nSPS) is 29.1. The quantitative estimate of drug-likeness (QED) is 0.603. The molecular formula is C19H20F3N5O4S. The summed E-state index contributed by atoms with van der Waals surface area (Å²) in [5.74, 6) is -3.89. The van der Waals surface area contributed by atoms with Gasteiger partial charge in [-0.05, 0) is 24.6 Å². The first-order chi connectivity index (χ1) is 15.1. The molecule has 3 heterocycles. The number of dihydropyridines is 1. The predicted octanol–water partition coefficient (Wildman–Crippen LogP) is 0.974. The molecule has 0 bridgehead atoms. The van der Waals surface area contributed by atoms with Crippen LogP contribution in [-0.2, 0) is 25.1 Å². The number of nitrogens with zero attached hydrogens (tertiary/aromatic N) is 2. The lowest BCUT2D eigenvalue weighted by molar-refractivity contribution is -0.117. The molecular weight excluding hydrogens is 451 g/mol. The number of ether oxygens (including phenoxy) is 1. The summed E-state index contributed by atoms with van der Waals surface area (Å²) < 4.78 is 74.3. The van der Waals surface area contributed by atoms with Crippen LogP contribution in [0.5, 0.6) is 0 Å². The predicted molar refractivity (Wildman–Crippen MR) is 110 cm³/mol. The molecule has 3 aliphatic rings. The third-order valence-electron chi connectivity index (χ3n) is 5.66. The molecule has 1 aromatic rings. The van der Waals surface area contributed by atoms with E-state index in [-0.39, 0.29) is 36.8 Å². The molecule has 0 aliphatic carbocycles. The minimum Gasteiger partial charge on any atom is -0.378 e. The van der Waals surface area contributed by atoms with Crippen molar-refractivity contribution >= 4 is 27.6 Å². The standard InChI is InChI=1S/C19H20F3N5O4S/c1-27-18(23)26-19(9-31-5-4-15(19)32(27,29)30)12-7-11(2-3-13(12)21)25-17(28)16-14(22)6-10(20)8-24-16/h2-3,6-8,15-16,24H,4-5,9H2,1H3,(H2,23,26)(H,25,28)/t15?,16?,19-/m1/s1. The van der Waals surface area contributed by atoms with E-state index in [1.807, 2.05) is 0 Å². The Morgan fingerprint density at radius 1 is 1.38 bits per heavy atom. The van der Waals surface area contributed by atoms with E-state index in [4.69, 9.17) is 10.5 Å². The lowest BCUT2D eigenvalue weighted by Crippen LogP contribution is -2.61. The van der Waals surface area contributed by atoms with Gasteiger partial charge < -0.3 is 21.1 Å². The van der Waals surface area contributed by atoms with Crippen LogP contribution in [0.2, 0.25) is 0 Å². The van der Waals surface area contributed by atoms with Crippen LogP contribution in [-0.4, -0.2) is 56.1 Å². The van der Waals surface area contributed by atoms with Crippen LogP contribution in [0.4, 0.5) is 18.9 Å². The van der Waals surface area contributed by atoms with E-state index in [2.05, 4.69) is 15.6 Å². The summed E-state index contributed by atoms with van der Waals surface area (Å²) in [6.07, 6.45) is 1.47. The minimum absolute atomic E-state index is 0.0549. The highest BCUT2D eigenvalue weighted by Gasteiger charge is 2.56. The summed E-state index contributed by atoms with van der Waals surface area (Å²) in [7, 11) is -2.70. The van der Waals surface area contributed by atoms with Crippen molar-refractivity contribution in [2.45, 2.75) is 23.3 Å². The van der Waals surface area contributed by atoms with Crippen LogP contribution >= 0.6 is 0 Å². The highest BCUT2D eigenvalue weighted by Crippen LogP contribution is 2.44. The van der Waals surface area contributed by atoms with Crippen molar-refractivity contribution in [1.29, 1.82) is 0 Å². The Balaban J connectivity index is 1.72. The van der Waals surface area contributed by atoms with Gasteiger partial charge in [0.15, 0.2) is 6.04 Å². The number of hydrogen-bond donors (Lipinski definition) is 3. The number of fused-ring (bicyclic) bond motifs is 1. The first-order valence-electron chi connectivity index (χ1n) is 9.57. The lowest BCUT2D eigenvalue weighted by atomic mass is 9.84. The number of sulfonamides is 1. The zero-order valence-electron chi connectivity index (χ0n) is 16.8. The van der Waals surface area contributed by atoms with Crippen molar-refractivity contribution in [2.75, 3.05) is 25.6 Å². The van der Waals surface area contributed by atoms with Crippen molar-refractivity contribution < 1.29 is 31.1 Å². The molecule has 172 valence electrons. The van der Waals surface area contributed by atoms with E-state index in [0.29, 0.717) is 6.08 Å². The van der Waals surface area contributed by atoms with Crippen molar-refractivity contribution in [1.82, 2.24) is 9.62 Å². The zero-order chi connectivity index (χ0) is 23.3. The fraction of sp³-hybridized carbons (Fsp3) is 0.368. The smallest absolute Gasteiger partial charge is 0.253 e. The van der Waals surface area contributed by atoms with E-state index in [1.165, 1.54) is 19.2 Å². The lowest BCUT2D eigenvalue weighted by Gasteiger charge is -2.45. The SMILES string of the molecule is CN1C(N)=N[C@@]2(c3cc(NC(=O)C4NC=C(F)C=C4F)ccc3F)COCCC2S1(=O)=O. The number of anilines is 1. The maximum atomic E-state index is 15.0. The Morgan fingerprint density at radius 2 is 2.12 bits per heavy atom. The van der Waals surface area contributed by atoms with Gasteiger partial charge in [0.25, 0.3) is 5.91 Å². The van der Waals surface area contributed by atoms with E-state index in [0.717, 1.165) is 16.6 Å². The Labute approximate surface area is 181 Å². The van der Waals surface area contributed by atoms with E-state index in [1.54, 1.807) is 0 Å². The van der Waals surface area contributed by atoms with Crippen LogP contribution in [0.25, 0.3) is 0 Å². The number of rotatable bonds is 3. The molecule has 1 fully saturated rings. The maximum absolute atomic E-state index is 15.0. The summed E-state index contributed by atoms with van der Waals surface area (Å²) >= 11 is 0. The minimum atomic E-state index is -3.97. The van der Waals surface area contributed by atoms with Gasteiger partial charge in [-0.25, -0.2) is 30.9 Å². The van der Waals surface area contributed by atoms with Gasteiger partial charge in [-0.3, -0.25) is 4.79 Å². The van der Waals surface area contributed by atoms with Crippen molar-refractivity contribution in [2.24, 2.45) is 10.7 Å². The molecule has 13 heteroatoms. The number of allylic oxidation sites excluding steroid dienone is 2. The Morgan fingerprint density at radius 3 is 2.84 bits per heavy atom. The topological polar surface area (TPSA) is 126 Å². The van der Waals surface area contributed by atoms with E-state index < -0.39 is 50.2 Å². The summed E-state index contributed by atoms with van der Waals surface area (Å²) in [4.78, 5) is 16.8. The molecule has 0 saturated carbocycles. The fourth-order valence-electron chi connectivity index (χ4n) is 4.01. The third-order valence-corrected chi connectivity index (χ3v) is 7.95. The van der Waals surface area contributed by atoms with Gasteiger partial charge in [0.05, 0.1) is 6.61 Å². The molecule has 1 saturated heterocycles. The van der Waals surface area contributed by atoms with Gasteiger partial charge in [-0.2, -0.15) is 0 Å². The first-order valence-corrected chi connectivity index (χ1v) is 11.1. The van der Waals surface area contributed by atoms with Gasteiger partial charge >= 0.3 is 0 Å². The van der Waals surface area contributed by atoms with Gasteiger partial charge in [-0.15, -0.1) is 0 Å². The zero-order valence-corrected chi connectivity index (χ0v) is 17.6. The second-order valence-electron chi connectivity index (χ2n) is 7.58. The monoisotopic (exact) mass is 471 g/mol. The number of nitrogens with one attached hydrogen (secondary N) is 2. The Bertz CT molecular complexity index is 1170. The number of aliphatic imine (C=N–C) groups is 1. The highest BCUT2D eigenvalue weighted by atomic mass is 32.2. The van der Waals surface area contributed by atoms with Gasteiger partial charge in [0, 0.05) is 37.2 Å². The second-order valence-corrected chi connectivity index (χ2v) is 9.73. The molecule has 1 amide bonds. The average Bonchev–Trinajstić information content (AvgIpc) is 2.73. The molecule has 0 spiro atoms. The average molecular weight is 471 g/mol.